The van der Waals surface area contributed by atoms with Crippen LogP contribution < -0.4 is 0 Å². The Morgan fingerprint density at radius 1 is 1.45 bits per heavy atom. The molecule has 0 saturated carbocycles. The molecule has 0 radical (unpaired) electrons. The third kappa shape index (κ3) is 0.847. The third-order valence-electron chi connectivity index (χ3n) is 2.35. The van der Waals surface area contributed by atoms with Crippen molar-refractivity contribution in [1.82, 2.24) is 0 Å². The maximum absolute atomic E-state index is 11.2. The van der Waals surface area contributed by atoms with Gasteiger partial charge in [0.2, 0.25) is 0 Å². The molecule has 1 N–H and O–H groups in total. The predicted octanol–water partition coefficient (Wildman–Crippen LogP) is -0.110. The average molecular weight is 154 g/mol. The molecule has 0 aromatic heterocycles. The van der Waals surface area contributed by atoms with Crippen molar-refractivity contribution in [2.45, 2.75) is 25.2 Å². The summed E-state index contributed by atoms with van der Waals surface area (Å²) in [7, 11) is 0. The number of ketones is 1. The zero-order chi connectivity index (χ0) is 8.01. The molecular weight excluding hydrogens is 144 g/mol. The minimum atomic E-state index is -0.944. The summed E-state index contributed by atoms with van der Waals surface area (Å²) in [6, 6.07) is 0. The molecule has 2 aliphatic rings. The highest BCUT2D eigenvalue weighted by molar-refractivity contribution is 5.87. The Morgan fingerprint density at radius 3 is 2.82 bits per heavy atom. The molecule has 2 rings (SSSR count). The maximum Gasteiger partial charge on any atom is 0.169 e. The van der Waals surface area contributed by atoms with Gasteiger partial charge < -0.3 is 9.84 Å². The summed E-state index contributed by atoms with van der Waals surface area (Å²) in [5.74, 6) is -0.295. The Balaban J connectivity index is 2.29. The number of fused-ring (bicyclic) bond motifs is 2. The minimum Gasteiger partial charge on any atom is -0.382 e. The van der Waals surface area contributed by atoms with Crippen molar-refractivity contribution in [1.29, 1.82) is 0 Å². The van der Waals surface area contributed by atoms with Crippen molar-refractivity contribution in [3.63, 3.8) is 0 Å². The fourth-order valence-electron chi connectivity index (χ4n) is 1.55. The molecule has 1 saturated heterocycles. The summed E-state index contributed by atoms with van der Waals surface area (Å²) >= 11 is 0. The molecule has 0 spiro atoms. The van der Waals surface area contributed by atoms with E-state index in [-0.39, 0.29) is 23.9 Å². The van der Waals surface area contributed by atoms with Gasteiger partial charge in [0, 0.05) is 5.92 Å². The fraction of sp³-hybridized carbons (Fsp3) is 0.625. The number of hydrogen-bond acceptors (Lipinski definition) is 3. The van der Waals surface area contributed by atoms with Crippen LogP contribution in [0, 0.1) is 5.92 Å². The molecule has 4 atom stereocenters. The van der Waals surface area contributed by atoms with Gasteiger partial charge in [-0.25, -0.2) is 0 Å². The van der Waals surface area contributed by atoms with E-state index < -0.39 is 6.10 Å². The van der Waals surface area contributed by atoms with Crippen molar-refractivity contribution in [2.24, 2.45) is 5.92 Å². The lowest BCUT2D eigenvalue weighted by Gasteiger charge is -2.29. The first-order valence-electron chi connectivity index (χ1n) is 3.76. The van der Waals surface area contributed by atoms with E-state index in [1.54, 1.807) is 13.0 Å². The first kappa shape index (κ1) is 7.00. The molecule has 1 fully saturated rings. The molecule has 0 amide bonds. The van der Waals surface area contributed by atoms with Gasteiger partial charge in [-0.3, -0.25) is 4.79 Å². The second kappa shape index (κ2) is 2.16. The first-order chi connectivity index (χ1) is 5.20. The molecule has 0 aromatic carbocycles. The van der Waals surface area contributed by atoms with Gasteiger partial charge in [-0.05, 0) is 0 Å². The maximum atomic E-state index is 11.2. The second-order valence-corrected chi connectivity index (χ2v) is 3.09. The van der Waals surface area contributed by atoms with E-state index in [9.17, 15) is 9.90 Å². The predicted molar refractivity (Wildman–Crippen MR) is 38.0 cm³/mol. The SMILES string of the molecule is C[C@@H]1C(=O)[C@H](O)[C@H]2C=C[C@@H]1O2. The zero-order valence-electron chi connectivity index (χ0n) is 6.23. The standard InChI is InChI=1S/C8H10O3/c1-4-5-2-3-6(11-5)8(10)7(4)9/h2-6,8,10H,1H3/t4-,5-,6+,8+/m0/s1. The molecule has 11 heavy (non-hydrogen) atoms. The van der Waals surface area contributed by atoms with Crippen LogP contribution in [0.2, 0.25) is 0 Å². The van der Waals surface area contributed by atoms with Crippen molar-refractivity contribution >= 4 is 5.78 Å². The van der Waals surface area contributed by atoms with Crippen molar-refractivity contribution in [2.75, 3.05) is 0 Å². The number of aliphatic hydroxyl groups is 1. The molecular formula is C8H10O3. The van der Waals surface area contributed by atoms with Crippen LogP contribution in [0.3, 0.4) is 0 Å². The Morgan fingerprint density at radius 2 is 2.09 bits per heavy atom. The smallest absolute Gasteiger partial charge is 0.169 e. The van der Waals surface area contributed by atoms with E-state index in [0.717, 1.165) is 0 Å². The van der Waals surface area contributed by atoms with E-state index in [1.807, 2.05) is 6.08 Å². The number of Topliss-reactive ketones (excluding diaryl/α,β-unsaturated/α-hetero) is 1. The van der Waals surface area contributed by atoms with Crippen molar-refractivity contribution in [3.8, 4) is 0 Å². The largest absolute Gasteiger partial charge is 0.382 e. The highest BCUT2D eigenvalue weighted by atomic mass is 16.5. The molecule has 2 aliphatic heterocycles. The van der Waals surface area contributed by atoms with Crippen LogP contribution in [0.15, 0.2) is 12.2 Å². The molecule has 0 unspecified atom stereocenters. The summed E-state index contributed by atoms with van der Waals surface area (Å²) in [5.41, 5.74) is 0. The molecule has 2 bridgehead atoms. The van der Waals surface area contributed by atoms with Crippen LogP contribution in [-0.4, -0.2) is 29.2 Å². The van der Waals surface area contributed by atoms with Gasteiger partial charge >= 0.3 is 0 Å². The highest BCUT2D eigenvalue weighted by Crippen LogP contribution is 2.28. The lowest BCUT2D eigenvalue weighted by atomic mass is 9.94. The fourth-order valence-corrected chi connectivity index (χ4v) is 1.55. The Hall–Kier alpha value is -0.670. The van der Waals surface area contributed by atoms with Crippen LogP contribution in [0.5, 0.6) is 0 Å². The number of rotatable bonds is 0. The summed E-state index contributed by atoms with van der Waals surface area (Å²) in [4.78, 5) is 11.2. The van der Waals surface area contributed by atoms with E-state index in [2.05, 4.69) is 0 Å². The lowest BCUT2D eigenvalue weighted by molar-refractivity contribution is -0.153. The van der Waals surface area contributed by atoms with Gasteiger partial charge in [-0.15, -0.1) is 0 Å². The van der Waals surface area contributed by atoms with E-state index in [0.29, 0.717) is 0 Å². The van der Waals surface area contributed by atoms with Gasteiger partial charge in [0.15, 0.2) is 5.78 Å². The molecule has 0 aliphatic carbocycles. The van der Waals surface area contributed by atoms with Crippen molar-refractivity contribution in [3.05, 3.63) is 12.2 Å². The number of carbonyl (C=O) groups excluding carboxylic acids is 1. The zero-order valence-corrected chi connectivity index (χ0v) is 6.23. The summed E-state index contributed by atoms with van der Waals surface area (Å²) in [6.45, 7) is 1.78. The van der Waals surface area contributed by atoms with Gasteiger partial charge in [-0.2, -0.15) is 0 Å². The van der Waals surface area contributed by atoms with Gasteiger partial charge in [0.25, 0.3) is 0 Å². The third-order valence-corrected chi connectivity index (χ3v) is 2.35. The Bertz CT molecular complexity index is 201. The summed E-state index contributed by atoms with van der Waals surface area (Å²) in [6.07, 6.45) is 2.18. The second-order valence-electron chi connectivity index (χ2n) is 3.09. The van der Waals surface area contributed by atoms with Crippen molar-refractivity contribution < 1.29 is 14.6 Å². The molecule has 3 nitrogen and oxygen atoms in total. The van der Waals surface area contributed by atoms with Crippen LogP contribution in [0.1, 0.15) is 6.92 Å². The van der Waals surface area contributed by atoms with Crippen LogP contribution in [-0.2, 0) is 9.53 Å². The first-order valence-corrected chi connectivity index (χ1v) is 3.76. The summed E-state index contributed by atoms with van der Waals surface area (Å²) in [5, 5.41) is 9.31. The van der Waals surface area contributed by atoms with E-state index in [4.69, 9.17) is 4.74 Å². The molecule has 3 heteroatoms. The van der Waals surface area contributed by atoms with Crippen LogP contribution >= 0.6 is 0 Å². The van der Waals surface area contributed by atoms with Crippen LogP contribution in [0.4, 0.5) is 0 Å². The number of ether oxygens (including phenoxy) is 1. The quantitative estimate of drug-likeness (QED) is 0.495. The number of hydrogen-bond donors (Lipinski definition) is 1. The molecule has 2 heterocycles. The number of aliphatic hydroxyl groups excluding tert-OH is 1. The monoisotopic (exact) mass is 154 g/mol. The average Bonchev–Trinajstić information content (AvgIpc) is 2.44. The van der Waals surface area contributed by atoms with E-state index in [1.165, 1.54) is 0 Å². The summed E-state index contributed by atoms with van der Waals surface area (Å²) < 4.78 is 5.31. The van der Waals surface area contributed by atoms with Gasteiger partial charge in [0.1, 0.15) is 12.2 Å². The van der Waals surface area contributed by atoms with Crippen LogP contribution in [0.25, 0.3) is 0 Å². The minimum absolute atomic E-state index is 0.101. The molecule has 0 aromatic rings. The number of carbonyl (C=O) groups is 1. The molecule has 60 valence electrons. The van der Waals surface area contributed by atoms with Gasteiger partial charge in [-0.1, -0.05) is 19.1 Å². The Labute approximate surface area is 64.7 Å². The normalized spacial score (nSPS) is 48.4. The van der Waals surface area contributed by atoms with E-state index >= 15 is 0 Å². The Kier molecular flexibility index (Phi) is 1.37. The van der Waals surface area contributed by atoms with Gasteiger partial charge in [0.05, 0.1) is 6.10 Å². The lowest BCUT2D eigenvalue weighted by Crippen LogP contribution is -2.46. The highest BCUT2D eigenvalue weighted by Gasteiger charge is 2.42. The topological polar surface area (TPSA) is 46.5 Å².